The molecule has 3 aromatic rings. The molecule has 2 fully saturated rings. The number of methoxy groups -OCH3 is 1. The predicted octanol–water partition coefficient (Wildman–Crippen LogP) is 5.50. The molecule has 264 valence electrons. The molecule has 1 aliphatic carbocycles. The SMILES string of the molecule is CO[C@H](CC(F)(F)F)[C@H](NC(=O)c1nonc1C1CC1)c1nc2cc(CN3C[C@@H](C(F)(F)F)NC3=O)ccc2n1COCC[Si](C)(C)C. The van der Waals surface area contributed by atoms with Gasteiger partial charge >= 0.3 is 18.4 Å². The van der Waals surface area contributed by atoms with Gasteiger partial charge in [0.05, 0.1) is 30.1 Å². The molecular weight excluding hydrogens is 668 g/mol. The standard InChI is InChI=1S/C29H37F6N7O5Si/c1-45-20(12-28(30,31)32)23(38-26(43)24-22(17-6-7-17)39-47-40-24)25-36-18-11-16(13-41-14-21(29(33,34)35)37-27(41)44)5-8-19(18)42(25)15-46-9-10-48(2,3)4/h5,8,11,17,20-21,23H,6-7,9-10,12-15H2,1-4H3,(H,37,44)(H,38,43)/t20-,21+,23+/m1/s1. The van der Waals surface area contributed by atoms with Gasteiger partial charge in [0, 0.05) is 34.3 Å². The smallest absolute Gasteiger partial charge is 0.378 e. The molecular formula is C29H37F6N7O5Si. The van der Waals surface area contributed by atoms with Crippen molar-refractivity contribution in [3.8, 4) is 0 Å². The molecule has 1 saturated carbocycles. The average molecular weight is 706 g/mol. The summed E-state index contributed by atoms with van der Waals surface area (Å²) in [5.41, 5.74) is 1.26. The number of urea groups is 1. The number of carbonyl (C=O) groups is 2. The topological polar surface area (TPSA) is 137 Å². The van der Waals surface area contributed by atoms with Crippen molar-refractivity contribution in [1.29, 1.82) is 0 Å². The van der Waals surface area contributed by atoms with Gasteiger partial charge < -0.3 is 29.6 Å². The number of nitrogens with zero attached hydrogens (tertiary/aromatic N) is 5. The Morgan fingerprint density at radius 1 is 1.17 bits per heavy atom. The van der Waals surface area contributed by atoms with E-state index in [0.717, 1.165) is 30.9 Å². The first-order chi connectivity index (χ1) is 22.4. The Morgan fingerprint density at radius 3 is 2.50 bits per heavy atom. The number of alkyl halides is 6. The highest BCUT2D eigenvalue weighted by Crippen LogP contribution is 2.40. The van der Waals surface area contributed by atoms with E-state index in [1.165, 1.54) is 10.6 Å². The Bertz CT molecular complexity index is 1620. The van der Waals surface area contributed by atoms with Crippen molar-refractivity contribution < 1.29 is 50.0 Å². The van der Waals surface area contributed by atoms with Gasteiger partial charge in [0.25, 0.3) is 5.91 Å². The predicted molar refractivity (Wildman–Crippen MR) is 161 cm³/mol. The third-order valence-corrected chi connectivity index (χ3v) is 9.88. The number of nitrogens with one attached hydrogen (secondary N) is 2. The molecule has 1 saturated heterocycles. The number of ether oxygens (including phenoxy) is 2. The Kier molecular flexibility index (Phi) is 10.1. The summed E-state index contributed by atoms with van der Waals surface area (Å²) in [6.45, 7) is 5.94. The van der Waals surface area contributed by atoms with Crippen LogP contribution in [0.5, 0.6) is 0 Å². The molecule has 0 unspecified atom stereocenters. The zero-order valence-electron chi connectivity index (χ0n) is 26.7. The minimum Gasteiger partial charge on any atom is -0.378 e. The van der Waals surface area contributed by atoms with Crippen LogP contribution >= 0.6 is 0 Å². The number of carbonyl (C=O) groups excluding carboxylic acids is 2. The fourth-order valence-corrected chi connectivity index (χ4v) is 6.16. The minimum atomic E-state index is -4.68. The van der Waals surface area contributed by atoms with Crippen LogP contribution in [0, 0.1) is 0 Å². The van der Waals surface area contributed by atoms with E-state index in [1.54, 1.807) is 12.1 Å². The second-order valence-corrected chi connectivity index (χ2v) is 18.9. The first-order valence-electron chi connectivity index (χ1n) is 15.4. The van der Waals surface area contributed by atoms with Crippen molar-refractivity contribution in [2.24, 2.45) is 0 Å². The average Bonchev–Trinajstić information content (AvgIpc) is 3.41. The molecule has 2 N–H and O–H groups in total. The first kappa shape index (κ1) is 35.6. The normalized spacial score (nSPS) is 18.8. The highest BCUT2D eigenvalue weighted by molar-refractivity contribution is 6.76. The van der Waals surface area contributed by atoms with Crippen LogP contribution in [0.2, 0.25) is 25.7 Å². The molecule has 2 aliphatic rings. The Morgan fingerprint density at radius 2 is 1.90 bits per heavy atom. The van der Waals surface area contributed by atoms with E-state index < -0.39 is 63.5 Å². The van der Waals surface area contributed by atoms with Gasteiger partial charge in [-0.1, -0.05) is 30.9 Å². The molecule has 0 radical (unpaired) electrons. The molecule has 1 aliphatic heterocycles. The van der Waals surface area contributed by atoms with E-state index >= 15 is 0 Å². The number of imidazole rings is 1. The van der Waals surface area contributed by atoms with Crippen LogP contribution in [-0.4, -0.2) is 89.5 Å². The number of aromatic nitrogens is 4. The molecule has 2 aromatic heterocycles. The maximum atomic E-state index is 13.8. The van der Waals surface area contributed by atoms with Crippen molar-refractivity contribution in [3.63, 3.8) is 0 Å². The Balaban J connectivity index is 1.52. The lowest BCUT2D eigenvalue weighted by Gasteiger charge is -2.28. The minimum absolute atomic E-state index is 0.0138. The molecule has 1 aromatic carbocycles. The lowest BCUT2D eigenvalue weighted by atomic mass is 10.1. The number of halogens is 6. The zero-order valence-corrected chi connectivity index (χ0v) is 27.7. The summed E-state index contributed by atoms with van der Waals surface area (Å²) in [5.74, 6) is -0.888. The van der Waals surface area contributed by atoms with E-state index in [1.807, 2.05) is 5.32 Å². The molecule has 3 atom stereocenters. The van der Waals surface area contributed by atoms with Gasteiger partial charge in [-0.3, -0.25) is 4.79 Å². The van der Waals surface area contributed by atoms with Crippen molar-refractivity contribution >= 4 is 31.0 Å². The van der Waals surface area contributed by atoms with E-state index in [4.69, 9.17) is 14.1 Å². The second kappa shape index (κ2) is 13.7. The third kappa shape index (κ3) is 8.65. The van der Waals surface area contributed by atoms with Crippen molar-refractivity contribution in [2.45, 2.75) is 94.7 Å². The van der Waals surface area contributed by atoms with Crippen LogP contribution in [0.3, 0.4) is 0 Å². The number of amides is 3. The molecule has 3 amide bonds. The summed E-state index contributed by atoms with van der Waals surface area (Å²) in [5, 5.41) is 12.1. The monoisotopic (exact) mass is 705 g/mol. The van der Waals surface area contributed by atoms with Crippen molar-refractivity contribution in [3.05, 3.63) is 41.0 Å². The highest BCUT2D eigenvalue weighted by atomic mass is 28.3. The number of hydrogen-bond acceptors (Lipinski definition) is 8. The first-order valence-corrected chi connectivity index (χ1v) is 19.1. The maximum absolute atomic E-state index is 13.8. The maximum Gasteiger partial charge on any atom is 0.410 e. The number of fused-ring (bicyclic) bond motifs is 1. The van der Waals surface area contributed by atoms with E-state index in [0.29, 0.717) is 23.4 Å². The molecule has 19 heteroatoms. The largest absolute Gasteiger partial charge is 0.410 e. The molecule has 0 bridgehead atoms. The van der Waals surface area contributed by atoms with Crippen molar-refractivity contribution in [1.82, 2.24) is 35.4 Å². The third-order valence-electron chi connectivity index (χ3n) is 8.18. The number of benzene rings is 1. The van der Waals surface area contributed by atoms with Crippen molar-refractivity contribution in [2.75, 3.05) is 20.3 Å². The zero-order chi connectivity index (χ0) is 35.0. The van der Waals surface area contributed by atoms with Crippen LogP contribution in [0.25, 0.3) is 11.0 Å². The van der Waals surface area contributed by atoms with E-state index in [-0.39, 0.29) is 36.2 Å². The fraction of sp³-hybridized carbons (Fsp3) is 0.621. The second-order valence-electron chi connectivity index (χ2n) is 13.3. The van der Waals surface area contributed by atoms with Crippen LogP contribution < -0.4 is 10.6 Å². The quantitative estimate of drug-likeness (QED) is 0.128. The summed E-state index contributed by atoms with van der Waals surface area (Å²) in [7, 11) is -0.419. The summed E-state index contributed by atoms with van der Waals surface area (Å²) in [6.07, 6.45) is -10.8. The lowest BCUT2D eigenvalue weighted by molar-refractivity contribution is -0.161. The van der Waals surface area contributed by atoms with Gasteiger partial charge in [0.1, 0.15) is 30.3 Å². The summed E-state index contributed by atoms with van der Waals surface area (Å²) in [4.78, 5) is 31.4. The van der Waals surface area contributed by atoms with Crippen LogP contribution in [0.15, 0.2) is 22.8 Å². The van der Waals surface area contributed by atoms with Gasteiger partial charge in [-0.15, -0.1) is 0 Å². The number of rotatable bonds is 14. The molecule has 48 heavy (non-hydrogen) atoms. The van der Waals surface area contributed by atoms with Crippen LogP contribution in [0.1, 0.15) is 58.8 Å². The summed E-state index contributed by atoms with van der Waals surface area (Å²) >= 11 is 0. The number of hydrogen-bond donors (Lipinski definition) is 2. The Hall–Kier alpha value is -3.71. The van der Waals surface area contributed by atoms with Crippen LogP contribution in [0.4, 0.5) is 31.1 Å². The van der Waals surface area contributed by atoms with Gasteiger partial charge in [0.2, 0.25) is 0 Å². The fourth-order valence-electron chi connectivity index (χ4n) is 5.41. The lowest BCUT2D eigenvalue weighted by Crippen LogP contribution is -2.41. The van der Waals surface area contributed by atoms with Gasteiger partial charge in [-0.25, -0.2) is 14.4 Å². The molecule has 12 nitrogen and oxygen atoms in total. The van der Waals surface area contributed by atoms with Gasteiger partial charge in [0.15, 0.2) is 5.69 Å². The highest BCUT2D eigenvalue weighted by Gasteiger charge is 2.47. The van der Waals surface area contributed by atoms with Gasteiger partial charge in [-0.2, -0.15) is 26.3 Å². The molecule has 3 heterocycles. The van der Waals surface area contributed by atoms with E-state index in [9.17, 15) is 35.9 Å². The summed E-state index contributed by atoms with van der Waals surface area (Å²) in [6, 6.07) is 1.14. The Labute approximate surface area is 272 Å². The van der Waals surface area contributed by atoms with Crippen LogP contribution in [-0.2, 0) is 22.7 Å². The summed E-state index contributed by atoms with van der Waals surface area (Å²) < 4.78 is 98.7. The van der Waals surface area contributed by atoms with E-state index in [2.05, 4.69) is 40.3 Å². The van der Waals surface area contributed by atoms with Gasteiger partial charge in [-0.05, 0) is 41.7 Å². The molecule has 0 spiro atoms. The molecule has 5 rings (SSSR count).